The van der Waals surface area contributed by atoms with Crippen molar-refractivity contribution in [3.8, 4) is 0 Å². The third kappa shape index (κ3) is 2.24. The molecule has 2 aliphatic rings. The molecule has 2 saturated carbocycles. The maximum atomic E-state index is 12.2. The van der Waals surface area contributed by atoms with Crippen LogP contribution in [0.2, 0.25) is 0 Å². The highest BCUT2D eigenvalue weighted by Gasteiger charge is 2.71. The van der Waals surface area contributed by atoms with E-state index in [1.54, 1.807) is 0 Å². The van der Waals surface area contributed by atoms with Gasteiger partial charge in [-0.05, 0) is 24.3 Å². The van der Waals surface area contributed by atoms with E-state index in [0.29, 0.717) is 18.6 Å². The van der Waals surface area contributed by atoms with Crippen LogP contribution in [0.5, 0.6) is 0 Å². The number of hydrogen-bond acceptors (Lipinski definition) is 6. The molecule has 2 bridgehead atoms. The fourth-order valence-electron chi connectivity index (χ4n) is 4.46. The van der Waals surface area contributed by atoms with Crippen LogP contribution in [0, 0.1) is 26.4 Å². The first-order valence-electron chi connectivity index (χ1n) is 8.38. The van der Waals surface area contributed by atoms with Crippen LogP contribution in [0.3, 0.4) is 0 Å². The molecule has 0 heterocycles. The van der Waals surface area contributed by atoms with E-state index in [4.69, 9.17) is 10.6 Å². The Labute approximate surface area is 150 Å². The molecule has 138 valence electrons. The van der Waals surface area contributed by atoms with Crippen LogP contribution in [-0.4, -0.2) is 22.5 Å². The number of carbonyl (C=O) groups excluding carboxylic acids is 2. The van der Waals surface area contributed by atoms with E-state index >= 15 is 0 Å². The molecule has 26 heavy (non-hydrogen) atoms. The highest BCUT2D eigenvalue weighted by molar-refractivity contribution is 6.02. The highest BCUT2D eigenvalue weighted by atomic mass is 16.7. The van der Waals surface area contributed by atoms with Gasteiger partial charge in [0.15, 0.2) is 0 Å². The molecule has 1 amide bonds. The minimum atomic E-state index is -0.779. The van der Waals surface area contributed by atoms with Gasteiger partial charge in [-0.15, -0.1) is 0 Å². The first-order chi connectivity index (χ1) is 12.0. The van der Waals surface area contributed by atoms with Crippen LogP contribution < -0.4 is 5.73 Å². The van der Waals surface area contributed by atoms with E-state index in [0.717, 1.165) is 12.5 Å². The summed E-state index contributed by atoms with van der Waals surface area (Å²) < 4.78 is 0. The molecule has 0 aliphatic heterocycles. The van der Waals surface area contributed by atoms with Gasteiger partial charge in [-0.25, -0.2) is 4.79 Å². The van der Waals surface area contributed by atoms with Crippen molar-refractivity contribution in [1.29, 1.82) is 0 Å². The molecule has 0 aromatic heterocycles. The number of nitrogens with two attached hydrogens (primary N) is 1. The molecular weight excluding hydrogens is 338 g/mol. The number of fused-ring (bicyclic) bond motifs is 2. The number of primary amides is 1. The Balaban J connectivity index is 1.86. The summed E-state index contributed by atoms with van der Waals surface area (Å²) in [5.41, 5.74) is 4.67. The summed E-state index contributed by atoms with van der Waals surface area (Å²) in [6.45, 7) is 6.00. The molecule has 1 aromatic rings. The lowest BCUT2D eigenvalue weighted by Crippen LogP contribution is -2.44. The molecular formula is C18H21N3O5. The summed E-state index contributed by atoms with van der Waals surface area (Å²) in [5, 5.41) is 14.9. The number of hydrogen-bond donors (Lipinski definition) is 1. The van der Waals surface area contributed by atoms with Crippen molar-refractivity contribution in [3.05, 3.63) is 39.9 Å². The van der Waals surface area contributed by atoms with Crippen molar-refractivity contribution in [2.24, 2.45) is 27.1 Å². The number of carbonyl (C=O) groups is 2. The quantitative estimate of drug-likeness (QED) is 0.503. The molecule has 3 rings (SSSR count). The molecule has 0 spiro atoms. The second-order valence-corrected chi connectivity index (χ2v) is 7.80. The average molecular weight is 359 g/mol. The molecule has 2 N–H and O–H groups in total. The van der Waals surface area contributed by atoms with Crippen LogP contribution in [0.25, 0.3) is 0 Å². The maximum absolute atomic E-state index is 12.2. The van der Waals surface area contributed by atoms with Gasteiger partial charge in [-0.1, -0.05) is 32.0 Å². The Hall–Kier alpha value is -2.77. The second kappa shape index (κ2) is 5.62. The van der Waals surface area contributed by atoms with Gasteiger partial charge in [0.05, 0.1) is 21.6 Å². The van der Waals surface area contributed by atoms with Crippen LogP contribution in [-0.2, 0) is 9.63 Å². The summed E-state index contributed by atoms with van der Waals surface area (Å²) >= 11 is 0. The topological polar surface area (TPSA) is 125 Å². The van der Waals surface area contributed by atoms with Crippen LogP contribution in [0.4, 0.5) is 5.69 Å². The number of amides is 1. The van der Waals surface area contributed by atoms with E-state index < -0.39 is 27.1 Å². The molecule has 0 radical (unpaired) electrons. The van der Waals surface area contributed by atoms with E-state index in [1.807, 2.05) is 20.8 Å². The van der Waals surface area contributed by atoms with Crippen LogP contribution in [0.1, 0.15) is 50.4 Å². The van der Waals surface area contributed by atoms with Crippen LogP contribution in [0.15, 0.2) is 29.4 Å². The molecule has 0 saturated heterocycles. The third-order valence-corrected chi connectivity index (χ3v) is 6.74. The van der Waals surface area contributed by atoms with Gasteiger partial charge in [0.1, 0.15) is 0 Å². The van der Waals surface area contributed by atoms with Gasteiger partial charge in [-0.3, -0.25) is 14.9 Å². The Kier molecular flexibility index (Phi) is 3.90. The molecule has 8 heteroatoms. The summed E-state index contributed by atoms with van der Waals surface area (Å²) in [6.07, 6.45) is 1.77. The molecule has 2 atom stereocenters. The number of rotatable bonds is 4. The lowest BCUT2D eigenvalue weighted by atomic mass is 9.64. The van der Waals surface area contributed by atoms with Crippen molar-refractivity contribution in [1.82, 2.24) is 0 Å². The lowest BCUT2D eigenvalue weighted by molar-refractivity contribution is -0.384. The predicted molar refractivity (Wildman–Crippen MR) is 93.3 cm³/mol. The monoisotopic (exact) mass is 359 g/mol. The number of non-ortho nitro benzene ring substituents is 1. The highest BCUT2D eigenvalue weighted by Crippen LogP contribution is 2.70. The normalized spacial score (nSPS) is 30.3. The molecule has 1 aromatic carbocycles. The fourth-order valence-corrected chi connectivity index (χ4v) is 4.46. The zero-order valence-corrected chi connectivity index (χ0v) is 14.9. The summed E-state index contributed by atoms with van der Waals surface area (Å²) in [4.78, 5) is 39.7. The van der Waals surface area contributed by atoms with E-state index in [1.165, 1.54) is 18.2 Å². The molecule has 2 unspecified atom stereocenters. The Morgan fingerprint density at radius 1 is 1.27 bits per heavy atom. The summed E-state index contributed by atoms with van der Waals surface area (Å²) in [5.74, 6) is -1.14. The predicted octanol–water partition coefficient (Wildman–Crippen LogP) is 2.81. The Bertz CT molecular complexity index is 847. The fraction of sp³-hybridized carbons (Fsp3) is 0.500. The second-order valence-electron chi connectivity index (χ2n) is 7.80. The van der Waals surface area contributed by atoms with Gasteiger partial charge in [0.2, 0.25) is 5.91 Å². The van der Waals surface area contributed by atoms with Gasteiger partial charge in [0.25, 0.3) is 5.69 Å². The van der Waals surface area contributed by atoms with E-state index in [-0.39, 0.29) is 17.2 Å². The number of nitrogens with zero attached hydrogens (tertiary/aromatic N) is 2. The third-order valence-electron chi connectivity index (χ3n) is 6.74. The lowest BCUT2D eigenvalue weighted by Gasteiger charge is -2.38. The summed E-state index contributed by atoms with van der Waals surface area (Å²) in [6, 6.07) is 5.26. The number of benzene rings is 1. The minimum Gasteiger partial charge on any atom is -0.369 e. The summed E-state index contributed by atoms with van der Waals surface area (Å²) in [7, 11) is 0. The van der Waals surface area contributed by atoms with E-state index in [2.05, 4.69) is 5.16 Å². The van der Waals surface area contributed by atoms with Crippen molar-refractivity contribution in [3.63, 3.8) is 0 Å². The number of oxime groups is 1. The zero-order valence-electron chi connectivity index (χ0n) is 14.9. The first kappa shape index (κ1) is 18.0. The SMILES string of the molecule is CC12CCC(C(N)=O)(CC1=NOC(=O)c1cccc([N+](=O)[O-])c1)C2(C)C. The van der Waals surface area contributed by atoms with E-state index in [9.17, 15) is 19.7 Å². The standard InChI is InChI=1S/C18H21N3O5/c1-16(2)17(3)7-8-18(16,15(19)23)10-13(17)20-26-14(22)11-5-4-6-12(9-11)21(24)25/h4-6,9H,7-8,10H2,1-3H3,(H2,19,23). The molecule has 2 aliphatic carbocycles. The van der Waals surface area contributed by atoms with Crippen molar-refractivity contribution < 1.29 is 19.3 Å². The van der Waals surface area contributed by atoms with Gasteiger partial charge in [0, 0.05) is 24.0 Å². The van der Waals surface area contributed by atoms with Crippen molar-refractivity contribution >= 4 is 23.3 Å². The maximum Gasteiger partial charge on any atom is 0.365 e. The minimum absolute atomic E-state index is 0.0423. The molecule has 2 fully saturated rings. The zero-order chi connectivity index (χ0) is 19.3. The van der Waals surface area contributed by atoms with Crippen molar-refractivity contribution in [2.75, 3.05) is 0 Å². The Morgan fingerprint density at radius 3 is 2.54 bits per heavy atom. The van der Waals surface area contributed by atoms with Gasteiger partial charge < -0.3 is 10.6 Å². The number of nitro benzene ring substituents is 1. The number of nitro groups is 1. The van der Waals surface area contributed by atoms with Gasteiger partial charge in [-0.2, -0.15) is 0 Å². The van der Waals surface area contributed by atoms with Crippen molar-refractivity contribution in [2.45, 2.75) is 40.0 Å². The first-order valence-corrected chi connectivity index (χ1v) is 8.38. The Morgan fingerprint density at radius 2 is 1.96 bits per heavy atom. The van der Waals surface area contributed by atoms with Crippen LogP contribution >= 0.6 is 0 Å². The molecule has 8 nitrogen and oxygen atoms in total. The van der Waals surface area contributed by atoms with Gasteiger partial charge >= 0.3 is 5.97 Å². The average Bonchev–Trinajstić information content (AvgIpc) is 2.90. The largest absolute Gasteiger partial charge is 0.369 e. The smallest absolute Gasteiger partial charge is 0.365 e.